The molecule has 0 saturated heterocycles. The lowest BCUT2D eigenvalue weighted by Gasteiger charge is -2.08. The van der Waals surface area contributed by atoms with Crippen LogP contribution in [-0.4, -0.2) is 27.4 Å². The molecule has 3 aromatic rings. The Kier molecular flexibility index (Phi) is 5.03. The van der Waals surface area contributed by atoms with Gasteiger partial charge in [0.15, 0.2) is 0 Å². The van der Waals surface area contributed by atoms with E-state index in [0.717, 1.165) is 30.0 Å². The molecule has 0 fully saturated rings. The van der Waals surface area contributed by atoms with Gasteiger partial charge in [-0.05, 0) is 37.1 Å². The van der Waals surface area contributed by atoms with Crippen LogP contribution >= 0.6 is 0 Å². The monoisotopic (exact) mass is 339 g/mol. The molecular weight excluding hydrogens is 322 g/mol. The summed E-state index contributed by atoms with van der Waals surface area (Å²) in [7, 11) is 0. The average Bonchev–Trinajstić information content (AvgIpc) is 2.61. The summed E-state index contributed by atoms with van der Waals surface area (Å²) >= 11 is 0. The summed E-state index contributed by atoms with van der Waals surface area (Å²) in [4.78, 5) is 39.9. The van der Waals surface area contributed by atoms with Gasteiger partial charge >= 0.3 is 5.69 Å². The number of hydrogen-bond donors (Lipinski definition) is 1. The Morgan fingerprint density at radius 2 is 2.04 bits per heavy atom. The first-order chi connectivity index (χ1) is 12.2. The number of aldehydes is 1. The molecule has 0 unspecified atom stereocenters. The number of hydrogen-bond acceptors (Lipinski definition) is 5. The first kappa shape index (κ1) is 16.6. The second-order valence-electron chi connectivity index (χ2n) is 5.54. The second kappa shape index (κ2) is 7.57. The number of nitrogens with one attached hydrogen (secondary N) is 1. The van der Waals surface area contributed by atoms with Crippen LogP contribution in [-0.2, 0) is 4.79 Å². The minimum atomic E-state index is -0.517. The molecule has 7 nitrogen and oxygen atoms in total. The number of unbranched alkanes of at least 4 members (excludes halogenated alkanes) is 2. The third-order valence-corrected chi connectivity index (χ3v) is 3.73. The topological polar surface area (TPSA) is 94.0 Å². The van der Waals surface area contributed by atoms with E-state index in [4.69, 9.17) is 4.74 Å². The van der Waals surface area contributed by atoms with E-state index in [2.05, 4.69) is 9.97 Å². The van der Waals surface area contributed by atoms with Crippen LogP contribution in [0, 0.1) is 0 Å². The first-order valence-electron chi connectivity index (χ1n) is 7.96. The summed E-state index contributed by atoms with van der Waals surface area (Å²) in [6, 6.07) is 8.62. The van der Waals surface area contributed by atoms with Crippen LogP contribution < -0.4 is 16.0 Å². The number of ether oxygens (including phenoxy) is 1. The number of carbonyl (C=O) groups is 1. The minimum Gasteiger partial charge on any atom is -0.494 e. The van der Waals surface area contributed by atoms with Gasteiger partial charge in [0.2, 0.25) is 0 Å². The minimum absolute atomic E-state index is 0.444. The number of nitrogens with zero attached hydrogens (tertiary/aromatic N) is 2. The first-order valence-corrected chi connectivity index (χ1v) is 7.96. The molecule has 2 aromatic heterocycles. The zero-order valence-corrected chi connectivity index (χ0v) is 13.5. The number of rotatable bonds is 7. The molecule has 0 saturated carbocycles. The lowest BCUT2D eigenvalue weighted by atomic mass is 10.2. The Hall–Kier alpha value is -3.22. The van der Waals surface area contributed by atoms with Gasteiger partial charge in [0, 0.05) is 24.1 Å². The van der Waals surface area contributed by atoms with Gasteiger partial charge in [-0.15, -0.1) is 0 Å². The van der Waals surface area contributed by atoms with Crippen molar-refractivity contribution in [1.82, 2.24) is 14.5 Å². The fourth-order valence-corrected chi connectivity index (χ4v) is 2.46. The fraction of sp³-hybridized carbons (Fsp3) is 0.222. The molecule has 0 aliphatic carbocycles. The Labute approximate surface area is 142 Å². The summed E-state index contributed by atoms with van der Waals surface area (Å²) in [6.07, 6.45) is 6.05. The van der Waals surface area contributed by atoms with Crippen LogP contribution in [0.25, 0.3) is 16.6 Å². The second-order valence-corrected chi connectivity index (χ2v) is 5.54. The number of aromatic nitrogens is 3. The number of pyridine rings is 1. The lowest BCUT2D eigenvalue weighted by Crippen LogP contribution is -2.27. The van der Waals surface area contributed by atoms with Crippen molar-refractivity contribution in [2.75, 3.05) is 6.61 Å². The predicted octanol–water partition coefficient (Wildman–Crippen LogP) is 1.82. The standard InChI is InChI=1S/C18H17N3O4/c22-8-2-1-3-9-25-15-4-5-16-13(11-15)10-14(12-19-16)21-7-6-17(23)20-18(21)24/h4-8,10-12H,1-3,9H2,(H,20,23,24). The van der Waals surface area contributed by atoms with Crippen molar-refractivity contribution in [3.63, 3.8) is 0 Å². The third kappa shape index (κ3) is 4.00. The Morgan fingerprint density at radius 1 is 1.16 bits per heavy atom. The molecule has 2 heterocycles. The number of aromatic amines is 1. The quantitative estimate of drug-likeness (QED) is 0.523. The smallest absolute Gasteiger partial charge is 0.332 e. The van der Waals surface area contributed by atoms with E-state index in [1.807, 2.05) is 18.2 Å². The number of fused-ring (bicyclic) bond motifs is 1. The highest BCUT2D eigenvalue weighted by atomic mass is 16.5. The van der Waals surface area contributed by atoms with E-state index in [1.165, 1.54) is 16.8 Å². The summed E-state index contributed by atoms with van der Waals surface area (Å²) < 4.78 is 7.01. The van der Waals surface area contributed by atoms with E-state index in [9.17, 15) is 14.4 Å². The molecule has 0 aliphatic heterocycles. The molecular formula is C18H17N3O4. The Bertz CT molecular complexity index is 1010. The van der Waals surface area contributed by atoms with Crippen molar-refractivity contribution >= 4 is 17.2 Å². The van der Waals surface area contributed by atoms with Gasteiger partial charge in [-0.2, -0.15) is 0 Å². The molecule has 0 amide bonds. The fourth-order valence-electron chi connectivity index (χ4n) is 2.46. The maximum atomic E-state index is 11.9. The predicted molar refractivity (Wildman–Crippen MR) is 93.4 cm³/mol. The molecule has 25 heavy (non-hydrogen) atoms. The van der Waals surface area contributed by atoms with Crippen LogP contribution in [0.1, 0.15) is 19.3 Å². The van der Waals surface area contributed by atoms with Gasteiger partial charge in [-0.3, -0.25) is 19.3 Å². The van der Waals surface area contributed by atoms with Crippen molar-refractivity contribution in [1.29, 1.82) is 0 Å². The van der Waals surface area contributed by atoms with Gasteiger partial charge < -0.3 is 9.53 Å². The van der Waals surface area contributed by atoms with Crippen LogP contribution in [0.15, 0.2) is 52.3 Å². The Morgan fingerprint density at radius 3 is 2.84 bits per heavy atom. The van der Waals surface area contributed by atoms with Crippen molar-refractivity contribution in [3.05, 3.63) is 63.6 Å². The molecule has 0 bridgehead atoms. The molecule has 128 valence electrons. The average molecular weight is 339 g/mol. The van der Waals surface area contributed by atoms with Crippen LogP contribution in [0.5, 0.6) is 5.75 Å². The van der Waals surface area contributed by atoms with Gasteiger partial charge in [0.05, 0.1) is 24.0 Å². The summed E-state index contributed by atoms with van der Waals surface area (Å²) in [6.45, 7) is 0.534. The summed E-state index contributed by atoms with van der Waals surface area (Å²) in [5.74, 6) is 0.700. The SMILES string of the molecule is O=CCCCCOc1ccc2ncc(-n3ccc(=O)[nH]c3=O)cc2c1. The maximum absolute atomic E-state index is 11.9. The molecule has 0 radical (unpaired) electrons. The zero-order valence-electron chi connectivity index (χ0n) is 13.5. The third-order valence-electron chi connectivity index (χ3n) is 3.73. The molecule has 7 heteroatoms. The lowest BCUT2D eigenvalue weighted by molar-refractivity contribution is -0.107. The molecule has 0 aliphatic rings. The highest BCUT2D eigenvalue weighted by molar-refractivity contribution is 5.81. The summed E-state index contributed by atoms with van der Waals surface area (Å²) in [5.41, 5.74) is 0.364. The zero-order chi connectivity index (χ0) is 17.6. The van der Waals surface area contributed by atoms with E-state index < -0.39 is 11.2 Å². The van der Waals surface area contributed by atoms with Crippen molar-refractivity contribution < 1.29 is 9.53 Å². The van der Waals surface area contributed by atoms with Gasteiger partial charge in [0.25, 0.3) is 5.56 Å². The highest BCUT2D eigenvalue weighted by Gasteiger charge is 2.04. The van der Waals surface area contributed by atoms with Crippen molar-refractivity contribution in [2.45, 2.75) is 19.3 Å². The Balaban J connectivity index is 1.84. The van der Waals surface area contributed by atoms with E-state index in [0.29, 0.717) is 24.5 Å². The van der Waals surface area contributed by atoms with Crippen LogP contribution in [0.4, 0.5) is 0 Å². The number of H-pyrrole nitrogens is 1. The van der Waals surface area contributed by atoms with Gasteiger partial charge in [-0.25, -0.2) is 4.79 Å². The maximum Gasteiger partial charge on any atom is 0.332 e. The normalized spacial score (nSPS) is 10.7. The van der Waals surface area contributed by atoms with Crippen LogP contribution in [0.3, 0.4) is 0 Å². The van der Waals surface area contributed by atoms with Crippen molar-refractivity contribution in [3.8, 4) is 11.4 Å². The van der Waals surface area contributed by atoms with E-state index >= 15 is 0 Å². The molecule has 0 atom stereocenters. The number of benzene rings is 1. The highest BCUT2D eigenvalue weighted by Crippen LogP contribution is 2.21. The molecule has 1 N–H and O–H groups in total. The van der Waals surface area contributed by atoms with Gasteiger partial charge in [-0.1, -0.05) is 0 Å². The van der Waals surface area contributed by atoms with Crippen molar-refractivity contribution in [2.24, 2.45) is 0 Å². The van der Waals surface area contributed by atoms with Crippen LogP contribution in [0.2, 0.25) is 0 Å². The van der Waals surface area contributed by atoms with Gasteiger partial charge in [0.1, 0.15) is 12.0 Å². The molecule has 3 rings (SSSR count). The molecule has 0 spiro atoms. The van der Waals surface area contributed by atoms with E-state index in [-0.39, 0.29) is 0 Å². The molecule has 1 aromatic carbocycles. The summed E-state index contributed by atoms with van der Waals surface area (Å²) in [5, 5.41) is 0.820. The number of carbonyl (C=O) groups excluding carboxylic acids is 1. The largest absolute Gasteiger partial charge is 0.494 e. The van der Waals surface area contributed by atoms with E-state index in [1.54, 1.807) is 12.3 Å².